The van der Waals surface area contributed by atoms with Crippen LogP contribution in [0.4, 0.5) is 0 Å². The maximum absolute atomic E-state index is 13.1. The Kier molecular flexibility index (Phi) is 7.53. The first-order valence-electron chi connectivity index (χ1n) is 11.1. The Labute approximate surface area is 164 Å². The smallest absolute Gasteiger partial charge is 0.240 e. The quantitative estimate of drug-likeness (QED) is 0.607. The fourth-order valence-corrected chi connectivity index (χ4v) is 4.75. The van der Waals surface area contributed by atoms with Crippen molar-refractivity contribution < 1.29 is 9.59 Å². The molecule has 3 aliphatic rings. The van der Waals surface area contributed by atoms with E-state index in [0.29, 0.717) is 24.3 Å². The van der Waals surface area contributed by atoms with E-state index in [1.165, 1.54) is 12.8 Å². The van der Waals surface area contributed by atoms with E-state index in [1.807, 2.05) is 0 Å². The number of carbonyl (C=O) groups excluding carboxylic acids is 2. The molecule has 3 rings (SSSR count). The average molecular weight is 379 g/mol. The lowest BCUT2D eigenvalue weighted by molar-refractivity contribution is -0.139. The van der Waals surface area contributed by atoms with E-state index >= 15 is 0 Å². The molecule has 3 fully saturated rings. The number of carbonyl (C=O) groups is 2. The van der Waals surface area contributed by atoms with E-state index in [0.717, 1.165) is 77.2 Å². The summed E-state index contributed by atoms with van der Waals surface area (Å²) in [5.41, 5.74) is 5.36. The molecule has 6 nitrogen and oxygen atoms in total. The number of rotatable bonds is 10. The SMILES string of the molecule is CCCC[C@@H]1NCCN([C@@H](CC2CC2)CN2CCC(CC(N)=O)CC2)C1=O. The van der Waals surface area contributed by atoms with Crippen molar-refractivity contribution in [3.63, 3.8) is 0 Å². The van der Waals surface area contributed by atoms with Crippen molar-refractivity contribution in [1.82, 2.24) is 15.1 Å². The number of likely N-dealkylation sites (tertiary alicyclic amines) is 1. The molecule has 0 aromatic carbocycles. The molecule has 2 heterocycles. The van der Waals surface area contributed by atoms with Crippen LogP contribution < -0.4 is 11.1 Å². The summed E-state index contributed by atoms with van der Waals surface area (Å²) in [5, 5.41) is 3.44. The fourth-order valence-electron chi connectivity index (χ4n) is 4.75. The number of unbranched alkanes of at least 4 members (excludes halogenated alkanes) is 1. The molecule has 0 radical (unpaired) electrons. The summed E-state index contributed by atoms with van der Waals surface area (Å²) in [6.45, 7) is 6.99. The van der Waals surface area contributed by atoms with Gasteiger partial charge >= 0.3 is 0 Å². The summed E-state index contributed by atoms with van der Waals surface area (Å²) in [6.07, 6.45) is 9.65. The van der Waals surface area contributed by atoms with Gasteiger partial charge in [-0.05, 0) is 50.6 Å². The van der Waals surface area contributed by atoms with Crippen molar-refractivity contribution in [2.75, 3.05) is 32.7 Å². The van der Waals surface area contributed by atoms with Gasteiger partial charge in [-0.2, -0.15) is 0 Å². The second-order valence-electron chi connectivity index (χ2n) is 8.93. The van der Waals surface area contributed by atoms with Gasteiger partial charge in [0.2, 0.25) is 11.8 Å². The molecule has 0 aromatic rings. The second-order valence-corrected chi connectivity index (χ2v) is 8.93. The van der Waals surface area contributed by atoms with Gasteiger partial charge in [0.05, 0.1) is 6.04 Å². The molecule has 2 amide bonds. The molecular formula is C21H38N4O2. The number of piperazine rings is 1. The molecule has 3 N–H and O–H groups in total. The predicted molar refractivity (Wildman–Crippen MR) is 107 cm³/mol. The monoisotopic (exact) mass is 378 g/mol. The highest BCUT2D eigenvalue weighted by Crippen LogP contribution is 2.35. The first-order valence-corrected chi connectivity index (χ1v) is 11.1. The Hall–Kier alpha value is -1.14. The average Bonchev–Trinajstić information content (AvgIpc) is 3.46. The number of nitrogens with one attached hydrogen (secondary N) is 1. The summed E-state index contributed by atoms with van der Waals surface area (Å²) >= 11 is 0. The molecule has 1 saturated carbocycles. The van der Waals surface area contributed by atoms with Crippen LogP contribution in [-0.2, 0) is 9.59 Å². The molecule has 0 aromatic heterocycles. The van der Waals surface area contributed by atoms with Crippen molar-refractivity contribution in [1.29, 1.82) is 0 Å². The van der Waals surface area contributed by atoms with Crippen LogP contribution in [0.1, 0.15) is 64.7 Å². The summed E-state index contributed by atoms with van der Waals surface area (Å²) in [6, 6.07) is 0.366. The Morgan fingerprint density at radius 2 is 1.93 bits per heavy atom. The third kappa shape index (κ3) is 6.18. The number of nitrogens with zero attached hydrogens (tertiary/aromatic N) is 2. The van der Waals surface area contributed by atoms with Gasteiger partial charge in [-0.1, -0.05) is 32.6 Å². The van der Waals surface area contributed by atoms with Crippen LogP contribution in [0, 0.1) is 11.8 Å². The fraction of sp³-hybridized carbons (Fsp3) is 0.905. The highest BCUT2D eigenvalue weighted by molar-refractivity contribution is 5.83. The van der Waals surface area contributed by atoms with Gasteiger partial charge in [0, 0.05) is 32.1 Å². The van der Waals surface area contributed by atoms with Crippen LogP contribution in [0.2, 0.25) is 0 Å². The second kappa shape index (κ2) is 9.87. The minimum absolute atomic E-state index is 0.0155. The molecule has 1 aliphatic carbocycles. The van der Waals surface area contributed by atoms with Gasteiger partial charge in [0.25, 0.3) is 0 Å². The highest BCUT2D eigenvalue weighted by atomic mass is 16.2. The standard InChI is InChI=1S/C21H38N4O2/c1-2-3-4-19-21(27)25(12-9-23-19)18(13-16-5-6-16)15-24-10-7-17(8-11-24)14-20(22)26/h16-19,23H,2-15H2,1H3,(H2,22,26)/t18-,19-/m0/s1. The molecule has 154 valence electrons. The Bertz CT molecular complexity index is 500. The van der Waals surface area contributed by atoms with E-state index in [4.69, 9.17) is 5.73 Å². The predicted octanol–water partition coefficient (Wildman–Crippen LogP) is 1.73. The lowest BCUT2D eigenvalue weighted by Crippen LogP contribution is -2.60. The zero-order valence-corrected chi connectivity index (χ0v) is 17.0. The van der Waals surface area contributed by atoms with Crippen LogP contribution in [0.15, 0.2) is 0 Å². The summed E-state index contributed by atoms with van der Waals surface area (Å²) < 4.78 is 0. The van der Waals surface area contributed by atoms with Gasteiger partial charge in [-0.25, -0.2) is 0 Å². The number of hydrogen-bond acceptors (Lipinski definition) is 4. The van der Waals surface area contributed by atoms with Crippen molar-refractivity contribution in [2.45, 2.75) is 76.8 Å². The van der Waals surface area contributed by atoms with Gasteiger partial charge in [0.15, 0.2) is 0 Å². The van der Waals surface area contributed by atoms with E-state index in [2.05, 4.69) is 22.0 Å². The van der Waals surface area contributed by atoms with Gasteiger partial charge < -0.3 is 20.9 Å². The van der Waals surface area contributed by atoms with E-state index < -0.39 is 0 Å². The zero-order chi connectivity index (χ0) is 19.2. The molecule has 0 unspecified atom stereocenters. The molecule has 6 heteroatoms. The maximum atomic E-state index is 13.1. The van der Waals surface area contributed by atoms with E-state index in [9.17, 15) is 9.59 Å². The number of piperidine rings is 1. The summed E-state index contributed by atoms with van der Waals surface area (Å²) in [5.74, 6) is 1.41. The highest BCUT2D eigenvalue weighted by Gasteiger charge is 2.37. The third-order valence-corrected chi connectivity index (χ3v) is 6.58. The van der Waals surface area contributed by atoms with Crippen LogP contribution in [0.5, 0.6) is 0 Å². The number of primary amides is 1. The number of hydrogen-bond donors (Lipinski definition) is 2. The first kappa shape index (κ1) is 20.6. The first-order chi connectivity index (χ1) is 13.1. The number of amides is 2. The maximum Gasteiger partial charge on any atom is 0.240 e. The van der Waals surface area contributed by atoms with Crippen molar-refractivity contribution in [2.24, 2.45) is 17.6 Å². The zero-order valence-electron chi connectivity index (χ0n) is 17.0. The Morgan fingerprint density at radius 1 is 1.19 bits per heavy atom. The van der Waals surface area contributed by atoms with Crippen molar-refractivity contribution in [3.8, 4) is 0 Å². The van der Waals surface area contributed by atoms with Crippen LogP contribution in [0.25, 0.3) is 0 Å². The molecule has 2 aliphatic heterocycles. The van der Waals surface area contributed by atoms with Gasteiger partial charge in [0.1, 0.15) is 0 Å². The largest absolute Gasteiger partial charge is 0.370 e. The Morgan fingerprint density at radius 3 is 2.56 bits per heavy atom. The lowest BCUT2D eigenvalue weighted by atomic mass is 9.92. The molecule has 27 heavy (non-hydrogen) atoms. The van der Waals surface area contributed by atoms with Crippen molar-refractivity contribution in [3.05, 3.63) is 0 Å². The van der Waals surface area contributed by atoms with Crippen LogP contribution in [-0.4, -0.2) is 66.4 Å². The normalized spacial score (nSPS) is 26.3. The molecular weight excluding hydrogens is 340 g/mol. The minimum Gasteiger partial charge on any atom is -0.370 e. The number of nitrogens with two attached hydrogens (primary N) is 1. The van der Waals surface area contributed by atoms with Gasteiger partial charge in [-0.3, -0.25) is 9.59 Å². The van der Waals surface area contributed by atoms with Gasteiger partial charge in [-0.15, -0.1) is 0 Å². The topological polar surface area (TPSA) is 78.7 Å². The van der Waals surface area contributed by atoms with E-state index in [1.54, 1.807) is 0 Å². The molecule has 2 saturated heterocycles. The molecule has 2 atom stereocenters. The third-order valence-electron chi connectivity index (χ3n) is 6.58. The van der Waals surface area contributed by atoms with Crippen LogP contribution in [0.3, 0.4) is 0 Å². The molecule has 0 bridgehead atoms. The summed E-state index contributed by atoms with van der Waals surface area (Å²) in [7, 11) is 0. The summed E-state index contributed by atoms with van der Waals surface area (Å²) in [4.78, 5) is 29.0. The van der Waals surface area contributed by atoms with Crippen molar-refractivity contribution >= 4 is 11.8 Å². The van der Waals surface area contributed by atoms with Crippen LogP contribution >= 0.6 is 0 Å². The lowest BCUT2D eigenvalue weighted by Gasteiger charge is -2.42. The molecule has 0 spiro atoms. The minimum atomic E-state index is -0.176. The Balaban J connectivity index is 1.55. The van der Waals surface area contributed by atoms with E-state index in [-0.39, 0.29) is 11.9 Å².